The molecule has 0 bridgehead atoms. The molecule has 6 heteroatoms. The van der Waals surface area contributed by atoms with Gasteiger partial charge in [-0.2, -0.15) is 0 Å². The topological polar surface area (TPSA) is 43.4 Å². The van der Waals surface area contributed by atoms with Crippen LogP contribution >= 0.6 is 0 Å². The van der Waals surface area contributed by atoms with Crippen molar-refractivity contribution < 1.29 is 18.3 Å². The van der Waals surface area contributed by atoms with Gasteiger partial charge >= 0.3 is 0 Å². The summed E-state index contributed by atoms with van der Waals surface area (Å²) in [7, 11) is 1.67. The summed E-state index contributed by atoms with van der Waals surface area (Å²) in [6, 6.07) is 11.8. The van der Waals surface area contributed by atoms with Crippen molar-refractivity contribution in [3.05, 3.63) is 77.5 Å². The second kappa shape index (κ2) is 10.7. The van der Waals surface area contributed by atoms with Gasteiger partial charge in [0.25, 0.3) is 0 Å². The Kier molecular flexibility index (Phi) is 7.45. The second-order valence-corrected chi connectivity index (χ2v) is 8.10. The van der Waals surface area contributed by atoms with Gasteiger partial charge in [-0.05, 0) is 73.7 Å². The Bertz CT molecular complexity index is 1080. The largest absolute Gasteiger partial charge is 0.497 e. The number of aryl methyl sites for hydroxylation is 1. The van der Waals surface area contributed by atoms with Crippen LogP contribution < -0.4 is 10.1 Å². The molecule has 0 saturated carbocycles. The van der Waals surface area contributed by atoms with E-state index in [0.717, 1.165) is 54.5 Å². The number of hydrogen-bond donors (Lipinski definition) is 1. The third-order valence-electron chi connectivity index (χ3n) is 5.92. The van der Waals surface area contributed by atoms with Crippen molar-refractivity contribution >= 4 is 17.0 Å². The summed E-state index contributed by atoms with van der Waals surface area (Å²) in [5.74, 6) is -0.0275. The molecule has 168 valence electrons. The molecule has 1 aromatic heterocycles. The van der Waals surface area contributed by atoms with Gasteiger partial charge in [-0.3, -0.25) is 4.98 Å². The molecule has 2 atom stereocenters. The Balaban J connectivity index is 1.23. The van der Waals surface area contributed by atoms with Crippen molar-refractivity contribution in [2.45, 2.75) is 37.8 Å². The van der Waals surface area contributed by atoms with Gasteiger partial charge in [-0.15, -0.1) is 0 Å². The van der Waals surface area contributed by atoms with E-state index >= 15 is 0 Å². The van der Waals surface area contributed by atoms with Crippen LogP contribution in [0.3, 0.4) is 0 Å². The number of hydrogen-bond acceptors (Lipinski definition) is 4. The molecule has 0 unspecified atom stereocenters. The smallest absolute Gasteiger partial charge is 0.130 e. The fraction of sp³-hybridized carbons (Fsp3) is 0.346. The average molecular weight is 439 g/mol. The summed E-state index contributed by atoms with van der Waals surface area (Å²) in [5, 5.41) is 4.54. The van der Waals surface area contributed by atoms with Crippen LogP contribution in [-0.4, -0.2) is 37.4 Å². The van der Waals surface area contributed by atoms with Gasteiger partial charge in [0.2, 0.25) is 0 Å². The van der Waals surface area contributed by atoms with Crippen LogP contribution in [0.4, 0.5) is 8.78 Å². The zero-order valence-electron chi connectivity index (χ0n) is 18.2. The monoisotopic (exact) mass is 438 g/mol. The minimum Gasteiger partial charge on any atom is -0.497 e. The molecule has 32 heavy (non-hydrogen) atoms. The molecule has 1 aliphatic heterocycles. The second-order valence-electron chi connectivity index (χ2n) is 8.10. The van der Waals surface area contributed by atoms with Crippen molar-refractivity contribution in [3.63, 3.8) is 0 Å². The standard InChI is InChI=1S/C26H28F2N2O2/c1-31-23-9-11-26-24(16-23)18(12-14-30-26)4-7-22-8-6-21(17-32-22)29-13-2-3-19-15-20(27)5-10-25(19)28/h2-3,5,9-12,14-16,21-22,29H,4,6-8,13,17H2,1H3/b3-2+/t21-,22-/m1/s1. The van der Waals surface area contributed by atoms with Crippen LogP contribution in [0.1, 0.15) is 30.4 Å². The molecule has 0 spiro atoms. The number of pyridine rings is 1. The zero-order valence-corrected chi connectivity index (χ0v) is 18.2. The van der Waals surface area contributed by atoms with Crippen molar-refractivity contribution in [1.29, 1.82) is 0 Å². The number of halogens is 2. The highest BCUT2D eigenvalue weighted by Gasteiger charge is 2.21. The van der Waals surface area contributed by atoms with Crippen LogP contribution in [0.5, 0.6) is 5.75 Å². The summed E-state index contributed by atoms with van der Waals surface area (Å²) >= 11 is 0. The van der Waals surface area contributed by atoms with E-state index in [0.29, 0.717) is 13.2 Å². The Morgan fingerprint density at radius 1 is 1.16 bits per heavy atom. The number of aromatic nitrogens is 1. The molecule has 4 rings (SSSR count). The highest BCUT2D eigenvalue weighted by Crippen LogP contribution is 2.25. The lowest BCUT2D eigenvalue weighted by molar-refractivity contribution is -0.00585. The minimum absolute atomic E-state index is 0.235. The van der Waals surface area contributed by atoms with E-state index in [9.17, 15) is 8.78 Å². The minimum atomic E-state index is -0.440. The van der Waals surface area contributed by atoms with E-state index in [2.05, 4.69) is 16.4 Å². The van der Waals surface area contributed by atoms with E-state index < -0.39 is 11.6 Å². The van der Waals surface area contributed by atoms with Crippen molar-refractivity contribution in [3.8, 4) is 5.75 Å². The quantitative estimate of drug-likeness (QED) is 0.518. The number of fused-ring (bicyclic) bond motifs is 1. The molecule has 0 aliphatic carbocycles. The summed E-state index contributed by atoms with van der Waals surface area (Å²) in [6.07, 6.45) is 9.41. The molecular weight excluding hydrogens is 410 g/mol. The van der Waals surface area contributed by atoms with Crippen molar-refractivity contribution in [2.24, 2.45) is 0 Å². The van der Waals surface area contributed by atoms with E-state index in [1.165, 1.54) is 11.6 Å². The number of methoxy groups -OCH3 is 1. The van der Waals surface area contributed by atoms with Gasteiger partial charge in [0.05, 0.1) is 25.3 Å². The Morgan fingerprint density at radius 2 is 2.06 bits per heavy atom. The lowest BCUT2D eigenvalue weighted by atomic mass is 9.97. The summed E-state index contributed by atoms with van der Waals surface area (Å²) < 4.78 is 38.3. The fourth-order valence-electron chi connectivity index (χ4n) is 4.10. The van der Waals surface area contributed by atoms with Gasteiger partial charge in [0.1, 0.15) is 17.4 Å². The van der Waals surface area contributed by atoms with E-state index in [4.69, 9.17) is 9.47 Å². The van der Waals surface area contributed by atoms with Crippen molar-refractivity contribution in [2.75, 3.05) is 20.3 Å². The van der Waals surface area contributed by atoms with Crippen LogP contribution in [0, 0.1) is 11.6 Å². The molecule has 0 radical (unpaired) electrons. The molecule has 2 aromatic carbocycles. The maximum absolute atomic E-state index is 13.6. The maximum Gasteiger partial charge on any atom is 0.130 e. The molecular formula is C26H28F2N2O2. The van der Waals surface area contributed by atoms with Gasteiger partial charge < -0.3 is 14.8 Å². The SMILES string of the molecule is COc1ccc2nccc(CC[C@@H]3CC[C@@H](NC/C=C/c4cc(F)ccc4F)CO3)c2c1. The first-order chi connectivity index (χ1) is 15.6. The summed E-state index contributed by atoms with van der Waals surface area (Å²) in [4.78, 5) is 4.45. The summed E-state index contributed by atoms with van der Waals surface area (Å²) in [6.45, 7) is 1.23. The van der Waals surface area contributed by atoms with Gasteiger partial charge in [-0.25, -0.2) is 8.78 Å². The van der Waals surface area contributed by atoms with E-state index in [1.54, 1.807) is 13.2 Å². The third-order valence-corrected chi connectivity index (χ3v) is 5.92. The van der Waals surface area contributed by atoms with Gasteiger partial charge in [0, 0.05) is 29.7 Å². The first-order valence-corrected chi connectivity index (χ1v) is 11.0. The third kappa shape index (κ3) is 5.69. The van der Waals surface area contributed by atoms with Crippen LogP contribution in [0.15, 0.2) is 54.7 Å². The number of nitrogens with zero attached hydrogens (tertiary/aromatic N) is 1. The average Bonchev–Trinajstić information content (AvgIpc) is 2.83. The molecule has 1 N–H and O–H groups in total. The lowest BCUT2D eigenvalue weighted by Crippen LogP contribution is -2.40. The molecule has 2 heterocycles. The number of ether oxygens (including phenoxy) is 2. The molecule has 3 aromatic rings. The van der Waals surface area contributed by atoms with Crippen LogP contribution in [-0.2, 0) is 11.2 Å². The maximum atomic E-state index is 13.6. The highest BCUT2D eigenvalue weighted by atomic mass is 19.1. The van der Waals surface area contributed by atoms with Gasteiger partial charge in [-0.1, -0.05) is 12.2 Å². The number of nitrogens with one attached hydrogen (secondary N) is 1. The van der Waals surface area contributed by atoms with Crippen LogP contribution in [0.2, 0.25) is 0 Å². The number of benzene rings is 2. The molecule has 1 saturated heterocycles. The Morgan fingerprint density at radius 3 is 2.88 bits per heavy atom. The zero-order chi connectivity index (χ0) is 22.3. The first-order valence-electron chi connectivity index (χ1n) is 11.0. The fourth-order valence-corrected chi connectivity index (χ4v) is 4.10. The Hall–Kier alpha value is -2.83. The Labute approximate surface area is 187 Å². The van der Waals surface area contributed by atoms with E-state index in [-0.39, 0.29) is 17.7 Å². The lowest BCUT2D eigenvalue weighted by Gasteiger charge is -2.29. The summed E-state index contributed by atoms with van der Waals surface area (Å²) in [5.41, 5.74) is 2.49. The van der Waals surface area contributed by atoms with E-state index in [1.807, 2.05) is 30.5 Å². The predicted molar refractivity (Wildman–Crippen MR) is 123 cm³/mol. The number of rotatable bonds is 8. The first kappa shape index (κ1) is 22.4. The molecule has 4 nitrogen and oxygen atoms in total. The molecule has 1 aliphatic rings. The normalized spacial score (nSPS) is 19.0. The van der Waals surface area contributed by atoms with Crippen molar-refractivity contribution in [1.82, 2.24) is 10.3 Å². The van der Waals surface area contributed by atoms with Crippen LogP contribution in [0.25, 0.3) is 17.0 Å². The molecule has 0 amide bonds. The van der Waals surface area contributed by atoms with Gasteiger partial charge in [0.15, 0.2) is 0 Å². The predicted octanol–water partition coefficient (Wildman–Crippen LogP) is 5.30. The molecule has 1 fully saturated rings. The highest BCUT2D eigenvalue weighted by molar-refractivity contribution is 5.83.